The van der Waals surface area contributed by atoms with Crippen molar-refractivity contribution in [3.8, 4) is 0 Å². The van der Waals surface area contributed by atoms with E-state index in [-0.39, 0.29) is 30.1 Å². The second-order valence-corrected chi connectivity index (χ2v) is 9.35. The van der Waals surface area contributed by atoms with Crippen LogP contribution in [-0.4, -0.2) is 47.9 Å². The molecule has 2 amide bonds. The van der Waals surface area contributed by atoms with Crippen molar-refractivity contribution in [3.63, 3.8) is 0 Å². The van der Waals surface area contributed by atoms with Crippen molar-refractivity contribution >= 4 is 23.2 Å². The van der Waals surface area contributed by atoms with E-state index in [9.17, 15) is 14.0 Å². The van der Waals surface area contributed by atoms with Gasteiger partial charge in [-0.2, -0.15) is 0 Å². The molecular weight excluding hydrogens is 415 g/mol. The number of carbonyl (C=O) groups excluding carboxylic acids is 2. The molecule has 31 heavy (non-hydrogen) atoms. The monoisotopic (exact) mass is 446 g/mol. The molecule has 1 fully saturated rings. The lowest BCUT2D eigenvalue weighted by atomic mass is 10.2. The molecule has 1 aliphatic carbocycles. The summed E-state index contributed by atoms with van der Waals surface area (Å²) in [6, 6.07) is 10.3. The summed E-state index contributed by atoms with van der Waals surface area (Å²) >= 11 is 1.65. The zero-order valence-electron chi connectivity index (χ0n) is 18.3. The molecule has 0 N–H and O–H groups in total. The molecule has 0 spiro atoms. The highest BCUT2D eigenvalue weighted by atomic mass is 32.1. The molecule has 0 saturated heterocycles. The first-order valence-corrected chi connectivity index (χ1v) is 11.7. The van der Waals surface area contributed by atoms with Gasteiger partial charge in [0.25, 0.3) is 0 Å². The van der Waals surface area contributed by atoms with Crippen LogP contribution in [0, 0.1) is 18.7 Å². The third-order valence-electron chi connectivity index (χ3n) is 5.27. The van der Waals surface area contributed by atoms with Gasteiger partial charge in [0.05, 0.1) is 13.1 Å². The first kappa shape index (κ1) is 23.4. The standard InChI is InChI=1S/C24H31FN2O3S/c1-3-30-14-4-13-26(24(29)20-8-9-20)17-23(28)27(16-22-12-5-18(2)31-22)15-19-6-10-21(25)11-7-19/h5-7,10-12,20H,3-4,8-9,13-17H2,1-2H3. The summed E-state index contributed by atoms with van der Waals surface area (Å²) in [5.41, 5.74) is 0.861. The number of ether oxygens (including phenoxy) is 1. The van der Waals surface area contributed by atoms with Crippen LogP contribution in [0.5, 0.6) is 0 Å². The summed E-state index contributed by atoms with van der Waals surface area (Å²) in [5, 5.41) is 0. The summed E-state index contributed by atoms with van der Waals surface area (Å²) in [4.78, 5) is 31.8. The Labute approximate surface area is 187 Å². The molecule has 168 valence electrons. The van der Waals surface area contributed by atoms with E-state index in [0.717, 1.165) is 23.3 Å². The highest BCUT2D eigenvalue weighted by molar-refractivity contribution is 7.11. The van der Waals surface area contributed by atoms with Crippen LogP contribution in [0.3, 0.4) is 0 Å². The molecule has 0 radical (unpaired) electrons. The molecule has 5 nitrogen and oxygen atoms in total. The van der Waals surface area contributed by atoms with Gasteiger partial charge in [-0.05, 0) is 62.9 Å². The van der Waals surface area contributed by atoms with Gasteiger partial charge in [-0.1, -0.05) is 12.1 Å². The van der Waals surface area contributed by atoms with Gasteiger partial charge in [-0.25, -0.2) is 4.39 Å². The Bertz CT molecular complexity index is 864. The Hall–Kier alpha value is -2.25. The van der Waals surface area contributed by atoms with Crippen LogP contribution in [0.1, 0.15) is 41.5 Å². The van der Waals surface area contributed by atoms with Gasteiger partial charge in [-0.3, -0.25) is 9.59 Å². The van der Waals surface area contributed by atoms with Crippen molar-refractivity contribution in [2.75, 3.05) is 26.3 Å². The van der Waals surface area contributed by atoms with E-state index in [0.29, 0.717) is 39.3 Å². The second-order valence-electron chi connectivity index (χ2n) is 7.97. The van der Waals surface area contributed by atoms with Crippen molar-refractivity contribution in [2.45, 2.75) is 46.2 Å². The third-order valence-corrected chi connectivity index (χ3v) is 6.25. The van der Waals surface area contributed by atoms with Crippen LogP contribution in [0.15, 0.2) is 36.4 Å². The molecule has 1 aliphatic rings. The first-order valence-electron chi connectivity index (χ1n) is 10.9. The van der Waals surface area contributed by atoms with Crippen LogP contribution >= 0.6 is 11.3 Å². The van der Waals surface area contributed by atoms with E-state index in [1.165, 1.54) is 17.0 Å². The first-order chi connectivity index (χ1) is 15.0. The Morgan fingerprint density at radius 3 is 2.45 bits per heavy atom. The summed E-state index contributed by atoms with van der Waals surface area (Å²) in [6.07, 6.45) is 2.52. The van der Waals surface area contributed by atoms with E-state index in [4.69, 9.17) is 4.74 Å². The van der Waals surface area contributed by atoms with Gasteiger partial charge in [0, 0.05) is 42.0 Å². The number of aryl methyl sites for hydroxylation is 1. The fourth-order valence-corrected chi connectivity index (χ4v) is 4.33. The van der Waals surface area contributed by atoms with Crippen LogP contribution in [0.25, 0.3) is 0 Å². The minimum atomic E-state index is -0.300. The summed E-state index contributed by atoms with van der Waals surface area (Å²) in [6.45, 7) is 6.62. The minimum Gasteiger partial charge on any atom is -0.382 e. The number of nitrogens with zero attached hydrogens (tertiary/aromatic N) is 2. The van der Waals surface area contributed by atoms with Gasteiger partial charge in [-0.15, -0.1) is 11.3 Å². The number of benzene rings is 1. The lowest BCUT2D eigenvalue weighted by Gasteiger charge is -2.28. The molecule has 3 rings (SSSR count). The van der Waals surface area contributed by atoms with Gasteiger partial charge in [0.2, 0.25) is 11.8 Å². The molecule has 0 atom stereocenters. The number of carbonyl (C=O) groups is 2. The number of thiophene rings is 1. The van der Waals surface area contributed by atoms with Crippen molar-refractivity contribution in [1.29, 1.82) is 0 Å². The van der Waals surface area contributed by atoms with Crippen LogP contribution in [0.4, 0.5) is 4.39 Å². The van der Waals surface area contributed by atoms with Gasteiger partial charge >= 0.3 is 0 Å². The lowest BCUT2D eigenvalue weighted by Crippen LogP contribution is -2.43. The Kier molecular flexibility index (Phi) is 8.60. The number of amides is 2. The molecule has 1 heterocycles. The smallest absolute Gasteiger partial charge is 0.242 e. The summed E-state index contributed by atoms with van der Waals surface area (Å²) < 4.78 is 18.7. The number of hydrogen-bond acceptors (Lipinski definition) is 4. The topological polar surface area (TPSA) is 49.9 Å². The molecule has 1 aromatic carbocycles. The largest absolute Gasteiger partial charge is 0.382 e. The SMILES string of the molecule is CCOCCCN(CC(=O)N(Cc1ccc(F)cc1)Cc1ccc(C)s1)C(=O)C1CC1. The normalized spacial score (nSPS) is 13.3. The maximum Gasteiger partial charge on any atom is 0.242 e. The Balaban J connectivity index is 1.70. The number of hydrogen-bond donors (Lipinski definition) is 0. The maximum absolute atomic E-state index is 13.3. The Morgan fingerprint density at radius 2 is 1.84 bits per heavy atom. The maximum atomic E-state index is 13.3. The second kappa shape index (κ2) is 11.4. The fourth-order valence-electron chi connectivity index (χ4n) is 3.42. The molecule has 2 aromatic rings. The predicted molar refractivity (Wildman–Crippen MR) is 120 cm³/mol. The van der Waals surface area contributed by atoms with Crippen molar-refractivity contribution < 1.29 is 18.7 Å². The molecule has 1 aromatic heterocycles. The minimum absolute atomic E-state index is 0.0605. The molecule has 0 bridgehead atoms. The van der Waals surface area contributed by atoms with Crippen LogP contribution in [-0.2, 0) is 27.4 Å². The lowest BCUT2D eigenvalue weighted by molar-refractivity contribution is -0.142. The fraction of sp³-hybridized carbons (Fsp3) is 0.500. The molecule has 0 aliphatic heterocycles. The predicted octanol–water partition coefficient (Wildman–Crippen LogP) is 4.39. The van der Waals surface area contributed by atoms with Crippen molar-refractivity contribution in [1.82, 2.24) is 9.80 Å². The Morgan fingerprint density at radius 1 is 1.10 bits per heavy atom. The van der Waals surface area contributed by atoms with E-state index in [1.807, 2.05) is 26.0 Å². The third kappa shape index (κ3) is 7.43. The molecule has 1 saturated carbocycles. The zero-order chi connectivity index (χ0) is 22.2. The van der Waals surface area contributed by atoms with E-state index < -0.39 is 0 Å². The van der Waals surface area contributed by atoms with E-state index >= 15 is 0 Å². The van der Waals surface area contributed by atoms with Crippen molar-refractivity contribution in [3.05, 3.63) is 57.5 Å². The average Bonchev–Trinajstić information content (AvgIpc) is 3.52. The quantitative estimate of drug-likeness (QED) is 0.455. The van der Waals surface area contributed by atoms with Gasteiger partial charge in [0.1, 0.15) is 5.82 Å². The van der Waals surface area contributed by atoms with Crippen LogP contribution < -0.4 is 0 Å². The van der Waals surface area contributed by atoms with E-state index in [1.54, 1.807) is 33.3 Å². The highest BCUT2D eigenvalue weighted by Crippen LogP contribution is 2.31. The van der Waals surface area contributed by atoms with Crippen molar-refractivity contribution in [2.24, 2.45) is 5.92 Å². The zero-order valence-corrected chi connectivity index (χ0v) is 19.1. The summed E-state index contributed by atoms with van der Waals surface area (Å²) in [5.74, 6) is -0.268. The molecule has 7 heteroatoms. The van der Waals surface area contributed by atoms with Gasteiger partial charge in [0.15, 0.2) is 0 Å². The molecular formula is C24H31FN2O3S. The summed E-state index contributed by atoms with van der Waals surface area (Å²) in [7, 11) is 0. The number of rotatable bonds is 12. The highest BCUT2D eigenvalue weighted by Gasteiger charge is 2.34. The van der Waals surface area contributed by atoms with Gasteiger partial charge < -0.3 is 14.5 Å². The molecule has 0 unspecified atom stereocenters. The average molecular weight is 447 g/mol. The van der Waals surface area contributed by atoms with E-state index in [2.05, 4.69) is 0 Å². The van der Waals surface area contributed by atoms with Crippen LogP contribution in [0.2, 0.25) is 0 Å². The number of halogens is 1.